The van der Waals surface area contributed by atoms with E-state index in [0.717, 1.165) is 49.1 Å². The van der Waals surface area contributed by atoms with Crippen molar-refractivity contribution in [1.29, 1.82) is 0 Å². The van der Waals surface area contributed by atoms with Crippen LogP contribution in [0.4, 0.5) is 16.0 Å². The lowest BCUT2D eigenvalue weighted by Gasteiger charge is -2.15. The number of anilines is 2. The van der Waals surface area contributed by atoms with Crippen LogP contribution in [0.15, 0.2) is 43.1 Å². The summed E-state index contributed by atoms with van der Waals surface area (Å²) in [5.41, 5.74) is 1.94. The van der Waals surface area contributed by atoms with Crippen molar-refractivity contribution >= 4 is 11.6 Å². The molecule has 1 saturated heterocycles. The number of nitrogens with zero attached hydrogens (tertiary/aromatic N) is 4. The Morgan fingerprint density at radius 2 is 2.30 bits per heavy atom. The number of benzene rings is 1. The molecule has 3 aromatic rings. The zero-order valence-corrected chi connectivity index (χ0v) is 15.0. The van der Waals surface area contributed by atoms with Crippen LogP contribution in [0.5, 0.6) is 5.75 Å². The maximum absolute atomic E-state index is 14.1. The van der Waals surface area contributed by atoms with Gasteiger partial charge >= 0.3 is 0 Å². The number of nitrogens with one attached hydrogen (secondary N) is 2. The highest BCUT2D eigenvalue weighted by Crippen LogP contribution is 2.25. The molecule has 4 rings (SSSR count). The summed E-state index contributed by atoms with van der Waals surface area (Å²) in [5, 5.41) is 6.45. The van der Waals surface area contributed by atoms with E-state index in [-0.39, 0.29) is 11.9 Å². The molecule has 140 valence electrons. The fourth-order valence-electron chi connectivity index (χ4n) is 3.04. The largest absolute Gasteiger partial charge is 0.489 e. The molecule has 27 heavy (non-hydrogen) atoms. The standard InChI is InChI=1S/C19H21FN6O/c1-2-13-7-14(9-16(8-13)27-15-3-4-21-10-15)24-19-23-11-17(20)18(25-19)26-6-5-22-12-26/h5-9,11-12,15,21H,2-4,10H2,1H3,(H,23,24,25)/t15-/m0/s1. The normalized spacial score (nSPS) is 16.4. The van der Waals surface area contributed by atoms with Crippen LogP contribution in [0.25, 0.3) is 5.82 Å². The summed E-state index contributed by atoms with van der Waals surface area (Å²) in [6, 6.07) is 5.98. The predicted octanol–water partition coefficient (Wildman–Crippen LogP) is 2.85. The first-order valence-corrected chi connectivity index (χ1v) is 9.00. The number of halogens is 1. The second-order valence-corrected chi connectivity index (χ2v) is 6.41. The lowest BCUT2D eigenvalue weighted by Crippen LogP contribution is -2.19. The molecule has 1 atom stereocenters. The summed E-state index contributed by atoms with van der Waals surface area (Å²) in [6.45, 7) is 3.92. The van der Waals surface area contributed by atoms with Gasteiger partial charge in [0.25, 0.3) is 0 Å². The van der Waals surface area contributed by atoms with Crippen LogP contribution in [0.1, 0.15) is 18.9 Å². The van der Waals surface area contributed by atoms with Crippen molar-refractivity contribution in [3.63, 3.8) is 0 Å². The van der Waals surface area contributed by atoms with E-state index in [1.54, 1.807) is 12.4 Å². The Hall–Kier alpha value is -3.00. The summed E-state index contributed by atoms with van der Waals surface area (Å²) in [6.07, 6.45) is 7.90. The molecule has 0 radical (unpaired) electrons. The number of imidazole rings is 1. The molecule has 3 heterocycles. The molecule has 2 aromatic heterocycles. The molecule has 0 spiro atoms. The monoisotopic (exact) mass is 368 g/mol. The lowest BCUT2D eigenvalue weighted by molar-refractivity contribution is 0.223. The van der Waals surface area contributed by atoms with Crippen molar-refractivity contribution in [2.24, 2.45) is 0 Å². The van der Waals surface area contributed by atoms with E-state index < -0.39 is 5.82 Å². The lowest BCUT2D eigenvalue weighted by atomic mass is 10.1. The van der Waals surface area contributed by atoms with Gasteiger partial charge in [0.1, 0.15) is 18.2 Å². The van der Waals surface area contributed by atoms with Gasteiger partial charge in [0, 0.05) is 30.7 Å². The van der Waals surface area contributed by atoms with Gasteiger partial charge in [-0.3, -0.25) is 4.57 Å². The van der Waals surface area contributed by atoms with Crippen LogP contribution in [0.3, 0.4) is 0 Å². The minimum Gasteiger partial charge on any atom is -0.489 e. The van der Waals surface area contributed by atoms with Gasteiger partial charge in [-0.25, -0.2) is 14.4 Å². The van der Waals surface area contributed by atoms with Crippen LogP contribution >= 0.6 is 0 Å². The molecule has 0 unspecified atom stereocenters. The van der Waals surface area contributed by atoms with Gasteiger partial charge < -0.3 is 15.4 Å². The van der Waals surface area contributed by atoms with Crippen LogP contribution < -0.4 is 15.4 Å². The zero-order valence-electron chi connectivity index (χ0n) is 15.0. The Bertz CT molecular complexity index is 909. The molecular weight excluding hydrogens is 347 g/mol. The molecule has 7 nitrogen and oxygen atoms in total. The first-order valence-electron chi connectivity index (χ1n) is 9.00. The first kappa shape index (κ1) is 17.4. The van der Waals surface area contributed by atoms with Crippen molar-refractivity contribution in [2.45, 2.75) is 25.9 Å². The van der Waals surface area contributed by atoms with Gasteiger partial charge in [-0.2, -0.15) is 4.98 Å². The van der Waals surface area contributed by atoms with Crippen molar-refractivity contribution in [2.75, 3.05) is 18.4 Å². The molecule has 1 fully saturated rings. The van der Waals surface area contributed by atoms with Gasteiger partial charge in [-0.1, -0.05) is 6.92 Å². The number of hydrogen-bond acceptors (Lipinski definition) is 6. The third-order valence-corrected chi connectivity index (χ3v) is 4.42. The van der Waals surface area contributed by atoms with Gasteiger partial charge in [-0.05, 0) is 37.1 Å². The summed E-state index contributed by atoms with van der Waals surface area (Å²) < 4.78 is 21.6. The van der Waals surface area contributed by atoms with E-state index in [1.165, 1.54) is 10.9 Å². The third-order valence-electron chi connectivity index (χ3n) is 4.42. The fourth-order valence-corrected chi connectivity index (χ4v) is 3.04. The molecule has 0 saturated carbocycles. The zero-order chi connectivity index (χ0) is 18.6. The molecule has 0 amide bonds. The van der Waals surface area contributed by atoms with Gasteiger partial charge in [0.2, 0.25) is 5.95 Å². The van der Waals surface area contributed by atoms with Crippen LogP contribution in [-0.4, -0.2) is 38.7 Å². The maximum Gasteiger partial charge on any atom is 0.229 e. The number of aryl methyl sites for hydroxylation is 1. The highest BCUT2D eigenvalue weighted by atomic mass is 19.1. The molecule has 1 aliphatic heterocycles. The van der Waals surface area contributed by atoms with Crippen LogP contribution in [-0.2, 0) is 6.42 Å². The van der Waals surface area contributed by atoms with Crippen LogP contribution in [0, 0.1) is 5.82 Å². The highest BCUT2D eigenvalue weighted by Gasteiger charge is 2.16. The Kier molecular flexibility index (Phi) is 4.97. The van der Waals surface area contributed by atoms with E-state index in [4.69, 9.17) is 4.74 Å². The summed E-state index contributed by atoms with van der Waals surface area (Å²) >= 11 is 0. The number of rotatable bonds is 6. The average Bonchev–Trinajstić information content (AvgIpc) is 3.37. The van der Waals surface area contributed by atoms with Gasteiger partial charge in [0.15, 0.2) is 11.6 Å². The Morgan fingerprint density at radius 1 is 1.37 bits per heavy atom. The summed E-state index contributed by atoms with van der Waals surface area (Å²) in [5.74, 6) is 0.744. The SMILES string of the molecule is CCc1cc(Nc2ncc(F)c(-n3ccnc3)n2)cc(O[C@H]2CCNC2)c1. The second-order valence-electron chi connectivity index (χ2n) is 6.41. The Balaban J connectivity index is 1.59. The topological polar surface area (TPSA) is 76.9 Å². The van der Waals surface area contributed by atoms with E-state index in [1.807, 2.05) is 18.2 Å². The van der Waals surface area contributed by atoms with Crippen molar-refractivity contribution in [3.05, 3.63) is 54.5 Å². The highest BCUT2D eigenvalue weighted by molar-refractivity contribution is 5.58. The van der Waals surface area contributed by atoms with Crippen molar-refractivity contribution in [1.82, 2.24) is 24.8 Å². The minimum absolute atomic E-state index is 0.144. The van der Waals surface area contributed by atoms with E-state index in [0.29, 0.717) is 5.95 Å². The smallest absolute Gasteiger partial charge is 0.229 e. The summed E-state index contributed by atoms with van der Waals surface area (Å²) in [7, 11) is 0. The second kappa shape index (κ2) is 7.71. The van der Waals surface area contributed by atoms with Gasteiger partial charge in [-0.15, -0.1) is 0 Å². The molecule has 0 bridgehead atoms. The molecular formula is C19H21FN6O. The predicted molar refractivity (Wildman–Crippen MR) is 100 cm³/mol. The van der Waals surface area contributed by atoms with Gasteiger partial charge in [0.05, 0.1) is 6.20 Å². The van der Waals surface area contributed by atoms with E-state index >= 15 is 0 Å². The first-order chi connectivity index (χ1) is 13.2. The number of hydrogen-bond donors (Lipinski definition) is 2. The summed E-state index contributed by atoms with van der Waals surface area (Å²) in [4.78, 5) is 12.3. The molecule has 8 heteroatoms. The van der Waals surface area contributed by atoms with E-state index in [2.05, 4.69) is 32.5 Å². The maximum atomic E-state index is 14.1. The number of aromatic nitrogens is 4. The Morgan fingerprint density at radius 3 is 3.04 bits per heavy atom. The Labute approximate surface area is 156 Å². The van der Waals surface area contributed by atoms with Crippen molar-refractivity contribution < 1.29 is 9.13 Å². The quantitative estimate of drug-likeness (QED) is 0.697. The van der Waals surface area contributed by atoms with Crippen molar-refractivity contribution in [3.8, 4) is 11.6 Å². The average molecular weight is 368 g/mol. The molecule has 0 aliphatic carbocycles. The van der Waals surface area contributed by atoms with E-state index in [9.17, 15) is 4.39 Å². The molecule has 2 N–H and O–H groups in total. The van der Waals surface area contributed by atoms with Crippen LogP contribution in [0.2, 0.25) is 0 Å². The number of ether oxygens (including phenoxy) is 1. The molecule has 1 aliphatic rings. The minimum atomic E-state index is -0.515. The third kappa shape index (κ3) is 4.06. The fraction of sp³-hybridized carbons (Fsp3) is 0.316. The molecule has 1 aromatic carbocycles.